The Kier molecular flexibility index (Phi) is 5.93. The lowest BCUT2D eigenvalue weighted by Gasteiger charge is -2.31. The van der Waals surface area contributed by atoms with E-state index in [9.17, 15) is 9.90 Å². The number of phenolic OH excluding ortho intramolecular Hbond substituents is 1. The summed E-state index contributed by atoms with van der Waals surface area (Å²) in [6, 6.07) is 12.9. The Morgan fingerprint density at radius 2 is 2.03 bits per heavy atom. The Labute approximate surface area is 208 Å². The number of phenols is 1. The van der Waals surface area contributed by atoms with Gasteiger partial charge in [0.25, 0.3) is 0 Å². The molecule has 2 aliphatic rings. The second kappa shape index (κ2) is 9.21. The topological polar surface area (TPSA) is 132 Å². The molecule has 36 heavy (non-hydrogen) atoms. The summed E-state index contributed by atoms with van der Waals surface area (Å²) in [5.41, 5.74) is 7.45. The van der Waals surface area contributed by atoms with E-state index in [1.54, 1.807) is 12.1 Å². The molecule has 1 atom stereocenters. The lowest BCUT2D eigenvalue weighted by Crippen LogP contribution is -2.42. The van der Waals surface area contributed by atoms with Gasteiger partial charge in [0.05, 0.1) is 11.4 Å². The van der Waals surface area contributed by atoms with Crippen LogP contribution in [-0.4, -0.2) is 43.1 Å². The zero-order valence-corrected chi connectivity index (χ0v) is 20.2. The van der Waals surface area contributed by atoms with E-state index >= 15 is 0 Å². The van der Waals surface area contributed by atoms with Gasteiger partial charge in [0.2, 0.25) is 0 Å². The largest absolute Gasteiger partial charge is 0.507 e. The highest BCUT2D eigenvalue weighted by Gasteiger charge is 2.38. The molecule has 0 spiro atoms. The number of aromatic nitrogens is 4. The molecule has 1 aliphatic heterocycles. The third kappa shape index (κ3) is 4.06. The highest BCUT2D eigenvalue weighted by molar-refractivity contribution is 6.71. The van der Waals surface area contributed by atoms with E-state index in [4.69, 9.17) is 0 Å². The lowest BCUT2D eigenvalue weighted by molar-refractivity contribution is -0.112. The zero-order chi connectivity index (χ0) is 25.3. The number of benzene rings is 2. The van der Waals surface area contributed by atoms with Gasteiger partial charge in [-0.05, 0) is 71.7 Å². The summed E-state index contributed by atoms with van der Waals surface area (Å²) in [5.74, 6) is 0.283. The van der Waals surface area contributed by atoms with Gasteiger partial charge in [-0.15, -0.1) is 5.10 Å². The van der Waals surface area contributed by atoms with Gasteiger partial charge >= 0.3 is 5.91 Å². The molecule has 1 unspecified atom stereocenters. The number of amides is 1. The van der Waals surface area contributed by atoms with E-state index in [2.05, 4.69) is 36.3 Å². The van der Waals surface area contributed by atoms with Crippen LogP contribution in [-0.2, 0) is 10.3 Å². The molecule has 0 saturated heterocycles. The first-order valence-corrected chi connectivity index (χ1v) is 11.7. The van der Waals surface area contributed by atoms with Crippen molar-refractivity contribution in [2.24, 2.45) is 10.2 Å². The van der Waals surface area contributed by atoms with Crippen molar-refractivity contribution < 1.29 is 9.90 Å². The number of carbonyl (C=O) groups is 1. The van der Waals surface area contributed by atoms with E-state index in [0.717, 1.165) is 16.7 Å². The summed E-state index contributed by atoms with van der Waals surface area (Å²) < 4.78 is 0. The maximum atomic E-state index is 13.4. The van der Waals surface area contributed by atoms with Crippen molar-refractivity contribution in [3.05, 3.63) is 83.2 Å². The minimum Gasteiger partial charge on any atom is -0.507 e. The highest BCUT2D eigenvalue weighted by Crippen LogP contribution is 2.38. The van der Waals surface area contributed by atoms with E-state index in [0.29, 0.717) is 35.6 Å². The first kappa shape index (κ1) is 23.2. The van der Waals surface area contributed by atoms with Crippen molar-refractivity contribution in [3.63, 3.8) is 0 Å². The number of aromatic amines is 1. The quantitative estimate of drug-likeness (QED) is 0.461. The summed E-state index contributed by atoms with van der Waals surface area (Å²) >= 11 is 0. The predicted octanol–water partition coefficient (Wildman–Crippen LogP) is 3.52. The molecule has 182 valence electrons. The van der Waals surface area contributed by atoms with Gasteiger partial charge in [-0.2, -0.15) is 15.2 Å². The van der Waals surface area contributed by atoms with E-state index in [1.165, 1.54) is 5.01 Å². The van der Waals surface area contributed by atoms with Crippen LogP contribution in [0.3, 0.4) is 0 Å². The Balaban J connectivity index is 1.48. The molecular formula is C26H26N8O2. The van der Waals surface area contributed by atoms with Crippen molar-refractivity contribution in [1.29, 1.82) is 0 Å². The molecule has 3 aromatic rings. The van der Waals surface area contributed by atoms with Crippen molar-refractivity contribution in [3.8, 4) is 5.75 Å². The molecule has 0 bridgehead atoms. The van der Waals surface area contributed by atoms with Crippen LogP contribution < -0.4 is 10.4 Å². The normalized spacial score (nSPS) is 20.6. The number of nitrogens with one attached hydrogen (secondary N) is 2. The summed E-state index contributed by atoms with van der Waals surface area (Å²) in [6.45, 7) is 5.96. The highest BCUT2D eigenvalue weighted by atomic mass is 16.3. The number of hydrogen-bond donors (Lipinski definition) is 3. The molecule has 0 radical (unpaired) electrons. The molecule has 10 nitrogen and oxygen atoms in total. The average molecular weight is 483 g/mol. The molecule has 2 heterocycles. The van der Waals surface area contributed by atoms with Crippen molar-refractivity contribution in [1.82, 2.24) is 26.0 Å². The van der Waals surface area contributed by atoms with Gasteiger partial charge in [0, 0.05) is 12.0 Å². The van der Waals surface area contributed by atoms with Crippen LogP contribution in [0.4, 0.5) is 5.69 Å². The Morgan fingerprint density at radius 1 is 1.19 bits per heavy atom. The standard InChI is InChI=1S/C26H26N8O2/c1-4-21-23(24(36)34(30-21)19-12-11-16(2)17(3)14-19)27-31-26(25-28-32-33-29-25)13-7-8-18(15-26)20-9-5-6-10-22(20)35/h5-14,31,35H,4,15H2,1-3H3,(H,28,29,32,33). The Morgan fingerprint density at radius 3 is 2.75 bits per heavy atom. The maximum absolute atomic E-state index is 13.4. The molecule has 1 aliphatic carbocycles. The minimum absolute atomic E-state index is 0.172. The van der Waals surface area contributed by atoms with Gasteiger partial charge < -0.3 is 5.11 Å². The molecule has 5 rings (SSSR count). The molecule has 1 aromatic heterocycles. The van der Waals surface area contributed by atoms with Crippen molar-refractivity contribution in [2.75, 3.05) is 5.01 Å². The number of anilines is 1. The number of nitrogens with zero attached hydrogens (tertiary/aromatic N) is 6. The van der Waals surface area contributed by atoms with Crippen molar-refractivity contribution in [2.45, 2.75) is 39.2 Å². The Hall–Kier alpha value is -4.60. The van der Waals surface area contributed by atoms with Crippen molar-refractivity contribution >= 4 is 28.6 Å². The van der Waals surface area contributed by atoms with E-state index in [-0.39, 0.29) is 17.4 Å². The van der Waals surface area contributed by atoms with Gasteiger partial charge in [0.1, 0.15) is 11.3 Å². The zero-order valence-electron chi connectivity index (χ0n) is 20.2. The van der Waals surface area contributed by atoms with Crippen LogP contribution in [0.1, 0.15) is 42.3 Å². The van der Waals surface area contributed by atoms with Crippen LogP contribution in [0.15, 0.2) is 70.9 Å². The van der Waals surface area contributed by atoms with Crippen LogP contribution in [0.5, 0.6) is 5.75 Å². The fourth-order valence-electron chi connectivity index (χ4n) is 4.29. The number of tetrazole rings is 1. The van der Waals surface area contributed by atoms with Crippen LogP contribution >= 0.6 is 0 Å². The summed E-state index contributed by atoms with van der Waals surface area (Å²) in [6.07, 6.45) is 6.57. The number of aryl methyl sites for hydroxylation is 2. The molecular weight excluding hydrogens is 456 g/mol. The average Bonchev–Trinajstić information content (AvgIpc) is 3.54. The summed E-state index contributed by atoms with van der Waals surface area (Å²) in [4.78, 5) is 13.4. The SMILES string of the molecule is CCC1=NN(c2ccc(C)c(C)c2)C(=O)C1=NNC1(c2nnn[nH]2)C=CC=C(c2ccccc2O)C1. The second-order valence-corrected chi connectivity index (χ2v) is 8.82. The fraction of sp³-hybridized carbons (Fsp3) is 0.231. The van der Waals surface area contributed by atoms with Gasteiger partial charge in [-0.25, -0.2) is 5.10 Å². The second-order valence-electron chi connectivity index (χ2n) is 8.82. The number of H-pyrrole nitrogens is 1. The minimum atomic E-state index is -0.976. The van der Waals surface area contributed by atoms with Gasteiger partial charge in [-0.1, -0.05) is 43.3 Å². The number of rotatable bonds is 6. The van der Waals surface area contributed by atoms with E-state index < -0.39 is 5.54 Å². The number of carbonyl (C=O) groups excluding carboxylic acids is 1. The number of para-hydroxylation sites is 1. The van der Waals surface area contributed by atoms with Gasteiger partial charge in [0.15, 0.2) is 11.5 Å². The molecule has 0 fully saturated rings. The third-order valence-electron chi connectivity index (χ3n) is 6.49. The maximum Gasteiger partial charge on any atom is 0.301 e. The number of hydrazone groups is 2. The lowest BCUT2D eigenvalue weighted by atomic mass is 9.83. The van der Waals surface area contributed by atoms with Crippen LogP contribution in [0.2, 0.25) is 0 Å². The van der Waals surface area contributed by atoms with E-state index in [1.807, 2.05) is 69.3 Å². The van der Waals surface area contributed by atoms with Crippen LogP contribution in [0, 0.1) is 13.8 Å². The predicted molar refractivity (Wildman–Crippen MR) is 137 cm³/mol. The van der Waals surface area contributed by atoms with Gasteiger partial charge in [-0.3, -0.25) is 10.2 Å². The molecule has 1 amide bonds. The summed E-state index contributed by atoms with van der Waals surface area (Å²) in [7, 11) is 0. The summed E-state index contributed by atoms with van der Waals surface area (Å²) in [5, 5.41) is 35.3. The first-order chi connectivity index (χ1) is 17.4. The van der Waals surface area contributed by atoms with Crippen LogP contribution in [0.25, 0.3) is 5.57 Å². The fourth-order valence-corrected chi connectivity index (χ4v) is 4.29. The number of aromatic hydroxyl groups is 1. The first-order valence-electron chi connectivity index (χ1n) is 11.7. The molecule has 3 N–H and O–H groups in total. The monoisotopic (exact) mass is 482 g/mol. The molecule has 0 saturated carbocycles. The number of hydrogen-bond acceptors (Lipinski definition) is 8. The molecule has 2 aromatic carbocycles. The smallest absolute Gasteiger partial charge is 0.301 e. The molecule has 10 heteroatoms. The number of allylic oxidation sites excluding steroid dienone is 2. The Bertz CT molecular complexity index is 1440. The third-order valence-corrected chi connectivity index (χ3v) is 6.49.